The quantitative estimate of drug-likeness (QED) is 0.511. The van der Waals surface area contributed by atoms with Gasteiger partial charge in [-0.15, -0.1) is 0 Å². The van der Waals surface area contributed by atoms with Gasteiger partial charge in [-0.05, 0) is 97.7 Å². The highest BCUT2D eigenvalue weighted by Crippen LogP contribution is 2.67. The van der Waals surface area contributed by atoms with Crippen LogP contribution in [0.5, 0.6) is 0 Å². The fraction of sp³-hybridized carbons (Fsp3) is 0.926. The van der Waals surface area contributed by atoms with Gasteiger partial charge in [0.2, 0.25) is 0 Å². The molecule has 4 aliphatic rings. The number of aliphatic hydroxyl groups is 3. The number of fused-ring (bicyclic) bond motifs is 5. The summed E-state index contributed by atoms with van der Waals surface area (Å²) in [5.41, 5.74) is 2.07. The van der Waals surface area contributed by atoms with Crippen molar-refractivity contribution in [1.82, 2.24) is 0 Å². The smallest absolute Gasteiger partial charge is 0.0579 e. The molecule has 3 heteroatoms. The van der Waals surface area contributed by atoms with Gasteiger partial charge in [-0.1, -0.05) is 52.2 Å². The van der Waals surface area contributed by atoms with Gasteiger partial charge in [-0.25, -0.2) is 0 Å². The lowest BCUT2D eigenvalue weighted by atomic mass is 9.47. The maximum Gasteiger partial charge on any atom is 0.0579 e. The van der Waals surface area contributed by atoms with Crippen LogP contribution in [-0.4, -0.2) is 34.1 Å². The Balaban J connectivity index is 1.50. The van der Waals surface area contributed by atoms with Gasteiger partial charge in [0.15, 0.2) is 0 Å². The molecule has 4 rings (SSSR count). The molecule has 0 heterocycles. The summed E-state index contributed by atoms with van der Waals surface area (Å²) in [6.45, 7) is 9.78. The van der Waals surface area contributed by atoms with E-state index in [1.54, 1.807) is 0 Å². The number of rotatable bonds is 6. The van der Waals surface area contributed by atoms with E-state index in [1.807, 2.05) is 0 Å². The van der Waals surface area contributed by atoms with E-state index >= 15 is 0 Å². The maximum absolute atomic E-state index is 11.2. The Kier molecular flexibility index (Phi) is 6.48. The molecule has 3 fully saturated rings. The van der Waals surface area contributed by atoms with E-state index in [9.17, 15) is 15.3 Å². The summed E-state index contributed by atoms with van der Waals surface area (Å²) in [5.74, 6) is 3.43. The molecule has 3 saturated carbocycles. The SMILES string of the molecule is C[C@@H](CO)CCC[C@@H](C)[C@H]1[C@@H](O)C[C@H]2[C@@H]3CC=C4CC(O)CC[C@]4(C)[C@H]3CC[C@]12C. The monoisotopic (exact) mass is 418 g/mol. The van der Waals surface area contributed by atoms with Crippen LogP contribution in [0.15, 0.2) is 11.6 Å². The first kappa shape index (κ1) is 22.8. The van der Waals surface area contributed by atoms with Gasteiger partial charge in [0.1, 0.15) is 0 Å². The average molecular weight is 419 g/mol. The Morgan fingerprint density at radius 1 is 1.07 bits per heavy atom. The van der Waals surface area contributed by atoms with Crippen LogP contribution >= 0.6 is 0 Å². The van der Waals surface area contributed by atoms with E-state index in [1.165, 1.54) is 24.8 Å². The van der Waals surface area contributed by atoms with Crippen LogP contribution in [0.3, 0.4) is 0 Å². The first-order valence-electron chi connectivity index (χ1n) is 12.9. The van der Waals surface area contributed by atoms with Gasteiger partial charge in [0.05, 0.1) is 12.2 Å². The second kappa shape index (κ2) is 8.52. The molecular formula is C27H46O3. The molecule has 172 valence electrons. The van der Waals surface area contributed by atoms with Gasteiger partial charge in [-0.3, -0.25) is 0 Å². The van der Waals surface area contributed by atoms with Crippen LogP contribution < -0.4 is 0 Å². The zero-order valence-corrected chi connectivity index (χ0v) is 19.8. The van der Waals surface area contributed by atoms with Crippen LogP contribution in [-0.2, 0) is 0 Å². The van der Waals surface area contributed by atoms with Crippen molar-refractivity contribution in [2.45, 2.75) is 104 Å². The predicted octanol–water partition coefficient (Wildman–Crippen LogP) is 5.33. The van der Waals surface area contributed by atoms with Crippen molar-refractivity contribution in [3.8, 4) is 0 Å². The summed E-state index contributed by atoms with van der Waals surface area (Å²) in [4.78, 5) is 0. The molecule has 4 aliphatic carbocycles. The molecule has 0 radical (unpaired) electrons. The number of hydrogen-bond donors (Lipinski definition) is 3. The number of allylic oxidation sites excluding steroid dienone is 1. The minimum absolute atomic E-state index is 0.137. The summed E-state index contributed by atoms with van der Waals surface area (Å²) in [6, 6.07) is 0. The van der Waals surface area contributed by atoms with Gasteiger partial charge in [-0.2, -0.15) is 0 Å². The highest BCUT2D eigenvalue weighted by Gasteiger charge is 2.61. The van der Waals surface area contributed by atoms with Crippen molar-refractivity contribution in [3.63, 3.8) is 0 Å². The van der Waals surface area contributed by atoms with Gasteiger partial charge in [0.25, 0.3) is 0 Å². The Hall–Kier alpha value is -0.380. The van der Waals surface area contributed by atoms with Crippen molar-refractivity contribution in [3.05, 3.63) is 11.6 Å². The van der Waals surface area contributed by atoms with E-state index in [-0.39, 0.29) is 29.6 Å². The Bertz CT molecular complexity index is 644. The predicted molar refractivity (Wildman–Crippen MR) is 122 cm³/mol. The molecule has 0 aromatic heterocycles. The zero-order valence-electron chi connectivity index (χ0n) is 19.8. The topological polar surface area (TPSA) is 60.7 Å². The molecular weight excluding hydrogens is 372 g/mol. The van der Waals surface area contributed by atoms with E-state index in [0.29, 0.717) is 29.6 Å². The first-order chi connectivity index (χ1) is 14.2. The molecule has 3 nitrogen and oxygen atoms in total. The lowest BCUT2D eigenvalue weighted by Gasteiger charge is -2.58. The highest BCUT2D eigenvalue weighted by molar-refractivity contribution is 5.25. The maximum atomic E-state index is 11.2. The van der Waals surface area contributed by atoms with Gasteiger partial charge in [0, 0.05) is 6.61 Å². The van der Waals surface area contributed by atoms with E-state index < -0.39 is 0 Å². The zero-order chi connectivity index (χ0) is 21.7. The van der Waals surface area contributed by atoms with Crippen LogP contribution in [0.4, 0.5) is 0 Å². The molecule has 0 aliphatic heterocycles. The fourth-order valence-corrected chi connectivity index (χ4v) is 8.78. The third-order valence-electron chi connectivity index (χ3n) is 10.5. The van der Waals surface area contributed by atoms with E-state index in [4.69, 9.17) is 0 Å². The number of aliphatic hydroxyl groups excluding tert-OH is 3. The standard InChI is InChI=1S/C27H46O3/c1-17(16-28)6-5-7-18(2)25-24(30)15-23-21-9-8-19-14-20(29)10-12-26(19,3)22(21)11-13-27(23,25)4/h8,17-18,20-25,28-30H,5-7,9-16H2,1-4H3/t17-,18-,20?,21-,22+,23+,24+,25+,26+,27+/m1/s1. The normalized spacial score (nSPS) is 47.6. The Labute approximate surface area is 184 Å². The van der Waals surface area contributed by atoms with Crippen molar-refractivity contribution in [2.24, 2.45) is 46.3 Å². The summed E-state index contributed by atoms with van der Waals surface area (Å²) in [5, 5.41) is 30.8. The first-order valence-corrected chi connectivity index (χ1v) is 12.9. The average Bonchev–Trinajstić information content (AvgIpc) is 2.98. The third-order valence-corrected chi connectivity index (χ3v) is 10.5. The summed E-state index contributed by atoms with van der Waals surface area (Å²) < 4.78 is 0. The molecule has 0 bridgehead atoms. The van der Waals surface area contributed by atoms with Gasteiger partial charge >= 0.3 is 0 Å². The fourth-order valence-electron chi connectivity index (χ4n) is 8.78. The lowest BCUT2D eigenvalue weighted by Crippen LogP contribution is -2.51. The summed E-state index contributed by atoms with van der Waals surface area (Å²) >= 11 is 0. The van der Waals surface area contributed by atoms with Crippen molar-refractivity contribution in [1.29, 1.82) is 0 Å². The largest absolute Gasteiger partial charge is 0.396 e. The second-order valence-electron chi connectivity index (χ2n) is 12.2. The minimum atomic E-state index is -0.157. The van der Waals surface area contributed by atoms with Crippen LogP contribution in [0, 0.1) is 46.3 Å². The summed E-state index contributed by atoms with van der Waals surface area (Å²) in [6.07, 6.45) is 13.3. The lowest BCUT2D eigenvalue weighted by molar-refractivity contribution is -0.0620. The van der Waals surface area contributed by atoms with E-state index in [0.717, 1.165) is 50.9 Å². The number of hydrogen-bond acceptors (Lipinski definition) is 3. The van der Waals surface area contributed by atoms with Crippen LogP contribution in [0.2, 0.25) is 0 Å². The highest BCUT2D eigenvalue weighted by atomic mass is 16.3. The van der Waals surface area contributed by atoms with E-state index in [2.05, 4.69) is 33.8 Å². The minimum Gasteiger partial charge on any atom is -0.396 e. The Morgan fingerprint density at radius 3 is 2.57 bits per heavy atom. The van der Waals surface area contributed by atoms with Crippen molar-refractivity contribution in [2.75, 3.05) is 6.61 Å². The molecule has 0 aromatic carbocycles. The molecule has 10 atom stereocenters. The molecule has 0 spiro atoms. The van der Waals surface area contributed by atoms with Crippen molar-refractivity contribution < 1.29 is 15.3 Å². The molecule has 1 unspecified atom stereocenters. The molecule has 0 amide bonds. The van der Waals surface area contributed by atoms with Crippen molar-refractivity contribution >= 4 is 0 Å². The Morgan fingerprint density at radius 2 is 1.83 bits per heavy atom. The second-order valence-corrected chi connectivity index (χ2v) is 12.2. The molecule has 0 saturated heterocycles. The third kappa shape index (κ3) is 3.71. The van der Waals surface area contributed by atoms with Crippen LogP contribution in [0.1, 0.15) is 91.9 Å². The van der Waals surface area contributed by atoms with Gasteiger partial charge < -0.3 is 15.3 Å². The van der Waals surface area contributed by atoms with Crippen LogP contribution in [0.25, 0.3) is 0 Å². The molecule has 0 aromatic rings. The molecule has 3 N–H and O–H groups in total. The molecule has 30 heavy (non-hydrogen) atoms. The summed E-state index contributed by atoms with van der Waals surface area (Å²) in [7, 11) is 0.